The molecule has 4 fully saturated rings. The highest BCUT2D eigenvalue weighted by Crippen LogP contribution is 2.53. The number of hydrogen-bond acceptors (Lipinski definition) is 11. The molecule has 7 rings (SSSR count). The van der Waals surface area contributed by atoms with E-state index in [-0.39, 0.29) is 50.9 Å². The van der Waals surface area contributed by atoms with Crippen LogP contribution in [0.3, 0.4) is 0 Å². The van der Waals surface area contributed by atoms with Crippen LogP contribution in [0.1, 0.15) is 110 Å². The number of carbonyl (C=O) groups is 4. The SMILES string of the molecule is CC[C@@H]1[C@@H]2CN(C(=O)[C@H](C(C)(C)C)CC(=O)O[C@@]3(C(F)(F)F)CCC[C@H]3CCCCCc3nc4ccc(OC)cc4nc3O2)[C@@H]1C(=O)N[C@]1(C(=O)NS(=O)(=O)C2CC2)C[C@H]1C(F)F. The highest BCUT2D eigenvalue weighted by Gasteiger charge is 2.68. The Hall–Kier alpha value is -4.36. The molecule has 3 aliphatic carbocycles. The summed E-state index contributed by atoms with van der Waals surface area (Å²) in [5.74, 6) is -8.90. The van der Waals surface area contributed by atoms with Crippen LogP contribution in [0.2, 0.25) is 0 Å². The van der Waals surface area contributed by atoms with E-state index in [1.807, 2.05) is 4.72 Å². The molecule has 3 amide bonds. The number of nitrogens with one attached hydrogen (secondary N) is 2. The van der Waals surface area contributed by atoms with Crippen molar-refractivity contribution >= 4 is 44.7 Å². The minimum Gasteiger partial charge on any atom is -0.497 e. The number of benzene rings is 1. The molecule has 8 atom stereocenters. The van der Waals surface area contributed by atoms with Gasteiger partial charge in [-0.25, -0.2) is 27.2 Å². The summed E-state index contributed by atoms with van der Waals surface area (Å²) in [6.45, 7) is 6.23. The largest absolute Gasteiger partial charge is 0.497 e. The molecule has 1 saturated heterocycles. The number of fused-ring (bicyclic) bond motifs is 5. The van der Waals surface area contributed by atoms with E-state index in [4.69, 9.17) is 24.2 Å². The number of aryl methyl sites for hydroxylation is 1. The van der Waals surface area contributed by atoms with E-state index >= 15 is 18.0 Å². The normalized spacial score (nSPS) is 31.0. The second-order valence-electron chi connectivity index (χ2n) is 18.9. The summed E-state index contributed by atoms with van der Waals surface area (Å²) in [6.07, 6.45) is -7.94. The lowest BCUT2D eigenvalue weighted by Gasteiger charge is -2.39. The van der Waals surface area contributed by atoms with Gasteiger partial charge in [0.1, 0.15) is 29.1 Å². The van der Waals surface area contributed by atoms with Crippen LogP contribution in [-0.4, -0.2) is 102 Å². The van der Waals surface area contributed by atoms with Gasteiger partial charge in [-0.15, -0.1) is 0 Å². The molecular weight excluding hydrogens is 858 g/mol. The lowest BCUT2D eigenvalue weighted by Crippen LogP contribution is -2.59. The zero-order chi connectivity index (χ0) is 45.9. The van der Waals surface area contributed by atoms with Gasteiger partial charge in [0.25, 0.3) is 5.91 Å². The van der Waals surface area contributed by atoms with E-state index < -0.39 is 123 Å². The molecule has 1 aromatic heterocycles. The Kier molecular flexibility index (Phi) is 12.7. The first kappa shape index (κ1) is 46.6. The molecule has 348 valence electrons. The van der Waals surface area contributed by atoms with Crippen LogP contribution in [0.15, 0.2) is 18.2 Å². The highest BCUT2D eigenvalue weighted by molar-refractivity contribution is 7.91. The Morgan fingerprint density at radius 2 is 1.73 bits per heavy atom. The van der Waals surface area contributed by atoms with Gasteiger partial charge in [0.2, 0.25) is 39.7 Å². The van der Waals surface area contributed by atoms with Crippen molar-refractivity contribution in [2.45, 2.75) is 152 Å². The molecule has 5 aliphatic rings. The number of sulfonamides is 1. The Morgan fingerprint density at radius 3 is 2.35 bits per heavy atom. The lowest BCUT2D eigenvalue weighted by molar-refractivity contribution is -0.282. The van der Waals surface area contributed by atoms with Gasteiger partial charge in [-0.3, -0.25) is 23.9 Å². The van der Waals surface area contributed by atoms with E-state index in [1.165, 1.54) is 7.11 Å². The molecule has 0 radical (unpaired) electrons. The molecule has 0 spiro atoms. The number of methoxy groups -OCH3 is 1. The van der Waals surface area contributed by atoms with Crippen LogP contribution >= 0.6 is 0 Å². The lowest BCUT2D eigenvalue weighted by atomic mass is 9.77. The standard InChI is InChI=1S/C43H56F5N5O9S/c1-6-26-32-22-53(34(26)36(55)51-41(21-28(41)35(44)45)39(57)52-63(58,59)25-15-16-25)38(56)27(40(2,3)4)20-33(54)62-42(43(46,47)48)18-10-12-23(42)11-8-7-9-13-30-37(61-32)50-31-19-24(60-5)14-17-29(31)49-30/h14,17,19,23,25-28,32,34-35H,6-13,15-16,18,20-22H2,1-5H3,(H,51,55)(H,52,57)/t23-,26-,27-,28+,32+,34+,41-,42+/m1/s1. The van der Waals surface area contributed by atoms with E-state index in [2.05, 4.69) is 5.32 Å². The number of amides is 3. The zero-order valence-corrected chi connectivity index (χ0v) is 36.9. The summed E-state index contributed by atoms with van der Waals surface area (Å²) in [7, 11) is -2.74. The van der Waals surface area contributed by atoms with Crippen molar-refractivity contribution in [1.82, 2.24) is 24.9 Å². The molecule has 2 aliphatic heterocycles. The molecule has 2 N–H and O–H groups in total. The molecule has 14 nitrogen and oxygen atoms in total. The molecule has 20 heteroatoms. The molecule has 0 unspecified atom stereocenters. The van der Waals surface area contributed by atoms with Crippen LogP contribution in [0.25, 0.3) is 11.0 Å². The summed E-state index contributed by atoms with van der Waals surface area (Å²) in [5, 5.41) is 1.55. The minimum absolute atomic E-state index is 0.0812. The highest BCUT2D eigenvalue weighted by atomic mass is 32.2. The van der Waals surface area contributed by atoms with Crippen molar-refractivity contribution in [3.05, 3.63) is 23.9 Å². The van der Waals surface area contributed by atoms with Crippen LogP contribution in [0.5, 0.6) is 11.6 Å². The molecule has 3 saturated carbocycles. The number of alkyl halides is 5. The Balaban J connectivity index is 1.31. The molecular formula is C43H56F5N5O9S. The van der Waals surface area contributed by atoms with Crippen LogP contribution < -0.4 is 19.5 Å². The van der Waals surface area contributed by atoms with E-state index in [9.17, 15) is 31.6 Å². The van der Waals surface area contributed by atoms with Crippen molar-refractivity contribution in [2.24, 2.45) is 29.1 Å². The maximum atomic E-state index is 15.1. The molecule has 2 bridgehead atoms. The number of esters is 1. The first-order valence-electron chi connectivity index (χ1n) is 21.8. The maximum Gasteiger partial charge on any atom is 0.428 e. The second kappa shape index (κ2) is 17.2. The van der Waals surface area contributed by atoms with Crippen molar-refractivity contribution < 1.29 is 63.8 Å². The summed E-state index contributed by atoms with van der Waals surface area (Å²) in [5.41, 5.74) is -4.86. The molecule has 3 heterocycles. The van der Waals surface area contributed by atoms with Gasteiger partial charge in [-0.1, -0.05) is 40.5 Å². The Labute approximate surface area is 363 Å². The topological polar surface area (TPSA) is 183 Å². The smallest absolute Gasteiger partial charge is 0.428 e. The van der Waals surface area contributed by atoms with Gasteiger partial charge >= 0.3 is 12.1 Å². The van der Waals surface area contributed by atoms with Crippen molar-refractivity contribution in [3.8, 4) is 11.6 Å². The quantitative estimate of drug-likeness (QED) is 0.228. The Morgan fingerprint density at radius 1 is 1.02 bits per heavy atom. The van der Waals surface area contributed by atoms with Crippen LogP contribution in [0, 0.1) is 29.1 Å². The molecule has 2 aromatic rings. The second-order valence-corrected chi connectivity index (χ2v) is 20.9. The summed E-state index contributed by atoms with van der Waals surface area (Å²) >= 11 is 0. The Bertz CT molecular complexity index is 2220. The van der Waals surface area contributed by atoms with Gasteiger partial charge in [0.05, 0.1) is 48.2 Å². The zero-order valence-electron chi connectivity index (χ0n) is 36.1. The molecule has 1 aromatic carbocycles. The van der Waals surface area contributed by atoms with Crippen LogP contribution in [-0.2, 0) is 40.4 Å². The minimum atomic E-state index is -4.90. The van der Waals surface area contributed by atoms with Gasteiger partial charge < -0.3 is 24.4 Å². The summed E-state index contributed by atoms with van der Waals surface area (Å²) < 4.78 is 119. The number of aromatic nitrogens is 2. The van der Waals surface area contributed by atoms with Crippen molar-refractivity contribution in [1.29, 1.82) is 0 Å². The fraction of sp³-hybridized carbons (Fsp3) is 0.721. The summed E-state index contributed by atoms with van der Waals surface area (Å²) in [6, 6.07) is 3.54. The third-order valence-electron chi connectivity index (χ3n) is 13.8. The number of halogens is 5. The van der Waals surface area contributed by atoms with Gasteiger partial charge in [-0.2, -0.15) is 13.2 Å². The van der Waals surface area contributed by atoms with Gasteiger partial charge in [0, 0.05) is 17.9 Å². The molecule has 63 heavy (non-hydrogen) atoms. The van der Waals surface area contributed by atoms with E-state index in [0.717, 1.165) is 4.90 Å². The number of carbonyl (C=O) groups excluding carboxylic acids is 4. The average Bonchev–Trinajstić information content (AvgIpc) is 4.11. The van der Waals surface area contributed by atoms with E-state index in [1.54, 1.807) is 45.9 Å². The predicted octanol–water partition coefficient (Wildman–Crippen LogP) is 6.18. The van der Waals surface area contributed by atoms with Crippen molar-refractivity contribution in [2.75, 3.05) is 13.7 Å². The number of rotatable bonds is 8. The number of hydrogen-bond donors (Lipinski definition) is 2. The average molecular weight is 914 g/mol. The predicted molar refractivity (Wildman–Crippen MR) is 217 cm³/mol. The number of nitrogens with zero attached hydrogens (tertiary/aromatic N) is 3. The first-order valence-corrected chi connectivity index (χ1v) is 23.4. The monoisotopic (exact) mass is 913 g/mol. The fourth-order valence-corrected chi connectivity index (χ4v) is 11.3. The third kappa shape index (κ3) is 9.15. The third-order valence-corrected chi connectivity index (χ3v) is 15.6. The van der Waals surface area contributed by atoms with Gasteiger partial charge in [0.15, 0.2) is 0 Å². The van der Waals surface area contributed by atoms with Crippen molar-refractivity contribution in [3.63, 3.8) is 0 Å². The maximum absolute atomic E-state index is 15.1. The first-order chi connectivity index (χ1) is 29.5. The number of ether oxygens (including phenoxy) is 3. The van der Waals surface area contributed by atoms with Crippen LogP contribution in [0.4, 0.5) is 22.0 Å². The van der Waals surface area contributed by atoms with E-state index in [0.29, 0.717) is 48.2 Å². The van der Waals surface area contributed by atoms with Gasteiger partial charge in [-0.05, 0) is 81.8 Å². The fourth-order valence-electron chi connectivity index (χ4n) is 9.89. The summed E-state index contributed by atoms with van der Waals surface area (Å²) in [4.78, 5) is 68.1.